The molecule has 3 rings (SSSR count). The number of methoxy groups -OCH3 is 2. The van der Waals surface area contributed by atoms with Crippen molar-refractivity contribution in [1.29, 1.82) is 0 Å². The van der Waals surface area contributed by atoms with Crippen molar-refractivity contribution in [2.24, 2.45) is 11.8 Å². The van der Waals surface area contributed by atoms with E-state index in [1.807, 2.05) is 12.2 Å². The average molecular weight is 400 g/mol. The Labute approximate surface area is 166 Å². The van der Waals surface area contributed by atoms with E-state index < -0.39 is 36.2 Å². The fraction of sp³-hybridized carbons (Fsp3) is 0.350. The van der Waals surface area contributed by atoms with E-state index in [1.54, 1.807) is 0 Å². The molecule has 0 aromatic heterocycles. The number of carbonyl (C=O) groups excluding carboxylic acids is 5. The number of nitrogens with zero attached hydrogens (tertiary/aromatic N) is 1. The number of imide groups is 1. The monoisotopic (exact) mass is 400 g/mol. The van der Waals surface area contributed by atoms with Crippen LogP contribution in [0, 0.1) is 11.8 Å². The first-order valence-corrected chi connectivity index (χ1v) is 8.98. The van der Waals surface area contributed by atoms with Crippen LogP contribution in [-0.4, -0.2) is 55.3 Å². The van der Waals surface area contributed by atoms with Crippen LogP contribution in [0.1, 0.15) is 33.6 Å². The molecule has 3 amide bonds. The van der Waals surface area contributed by atoms with Crippen LogP contribution < -0.4 is 5.32 Å². The summed E-state index contributed by atoms with van der Waals surface area (Å²) in [7, 11) is 2.38. The second-order valence-electron chi connectivity index (χ2n) is 6.71. The molecule has 9 heteroatoms. The summed E-state index contributed by atoms with van der Waals surface area (Å²) in [6.07, 6.45) is 4.66. The third kappa shape index (κ3) is 3.89. The Balaban J connectivity index is 1.79. The fourth-order valence-electron chi connectivity index (χ4n) is 3.54. The summed E-state index contributed by atoms with van der Waals surface area (Å²) in [5.41, 5.74) is 0.147. The maximum absolute atomic E-state index is 12.5. The molecule has 2 atom stereocenters. The maximum Gasteiger partial charge on any atom is 0.339 e. The van der Waals surface area contributed by atoms with Crippen molar-refractivity contribution in [3.63, 3.8) is 0 Å². The van der Waals surface area contributed by atoms with Crippen LogP contribution in [-0.2, 0) is 23.9 Å². The maximum atomic E-state index is 12.5. The Hall–Kier alpha value is -3.49. The van der Waals surface area contributed by atoms with Gasteiger partial charge in [-0.2, -0.15) is 0 Å². The molecule has 1 aromatic rings. The standard InChI is InChI=1S/C20H20N2O7/c1-28-19(26)11-7-8-14(20(27)29-2)15(9-11)21-16(23)10-22-17(24)12-5-3-4-6-13(12)18(22)25/h3-4,7-9,12-13H,5-6,10H2,1-2H3,(H,21,23)/t12-,13+. The van der Waals surface area contributed by atoms with Gasteiger partial charge in [0, 0.05) is 0 Å². The molecule has 9 nitrogen and oxygen atoms in total. The van der Waals surface area contributed by atoms with E-state index in [1.165, 1.54) is 32.4 Å². The molecule has 0 bridgehead atoms. The van der Waals surface area contributed by atoms with Crippen molar-refractivity contribution in [1.82, 2.24) is 4.90 Å². The molecule has 1 N–H and O–H groups in total. The number of likely N-dealkylation sites (tertiary alicyclic amines) is 1. The highest BCUT2D eigenvalue weighted by Crippen LogP contribution is 2.34. The first kappa shape index (κ1) is 20.2. The van der Waals surface area contributed by atoms with Crippen LogP contribution in [0.5, 0.6) is 0 Å². The first-order chi connectivity index (χ1) is 13.9. The topological polar surface area (TPSA) is 119 Å². The van der Waals surface area contributed by atoms with Gasteiger partial charge in [-0.15, -0.1) is 0 Å². The van der Waals surface area contributed by atoms with Crippen LogP contribution >= 0.6 is 0 Å². The molecule has 1 fully saturated rings. The van der Waals surface area contributed by atoms with Crippen LogP contribution in [0.25, 0.3) is 0 Å². The van der Waals surface area contributed by atoms with E-state index >= 15 is 0 Å². The van der Waals surface area contributed by atoms with E-state index in [4.69, 9.17) is 0 Å². The Morgan fingerprint density at radius 2 is 1.59 bits per heavy atom. The SMILES string of the molecule is COC(=O)c1ccc(C(=O)OC)c(NC(=O)CN2C(=O)[C@H]3CC=CC[C@H]3C2=O)c1. The number of esters is 2. The fourth-order valence-corrected chi connectivity index (χ4v) is 3.54. The number of hydrogen-bond acceptors (Lipinski definition) is 7. The zero-order valence-electron chi connectivity index (χ0n) is 16.0. The summed E-state index contributed by atoms with van der Waals surface area (Å²) in [6, 6.07) is 3.95. The van der Waals surface area contributed by atoms with Gasteiger partial charge in [0.1, 0.15) is 6.54 Å². The van der Waals surface area contributed by atoms with Gasteiger partial charge in [-0.3, -0.25) is 19.3 Å². The number of ether oxygens (including phenoxy) is 2. The third-order valence-corrected chi connectivity index (χ3v) is 5.02. The van der Waals surface area contributed by atoms with Gasteiger partial charge in [0.2, 0.25) is 17.7 Å². The highest BCUT2D eigenvalue weighted by atomic mass is 16.5. The van der Waals surface area contributed by atoms with Gasteiger partial charge in [0.05, 0.1) is 42.9 Å². The van der Waals surface area contributed by atoms with E-state index in [-0.39, 0.29) is 28.6 Å². The predicted octanol–water partition coefficient (Wildman–Crippen LogP) is 1.15. The van der Waals surface area contributed by atoms with Crippen molar-refractivity contribution in [3.05, 3.63) is 41.5 Å². The number of rotatable bonds is 5. The Bertz CT molecular complexity index is 895. The minimum absolute atomic E-state index is 0.0166. The summed E-state index contributed by atoms with van der Waals surface area (Å²) < 4.78 is 9.33. The minimum Gasteiger partial charge on any atom is -0.465 e. The van der Waals surface area contributed by atoms with Crippen molar-refractivity contribution in [2.75, 3.05) is 26.1 Å². The van der Waals surface area contributed by atoms with Crippen molar-refractivity contribution >= 4 is 35.3 Å². The summed E-state index contributed by atoms with van der Waals surface area (Å²) >= 11 is 0. The lowest BCUT2D eigenvalue weighted by Crippen LogP contribution is -2.38. The molecule has 1 aromatic carbocycles. The minimum atomic E-state index is -0.720. The number of carbonyl (C=O) groups is 5. The Kier molecular flexibility index (Phi) is 5.76. The van der Waals surface area contributed by atoms with Crippen molar-refractivity contribution < 1.29 is 33.4 Å². The largest absolute Gasteiger partial charge is 0.465 e. The van der Waals surface area contributed by atoms with Crippen LogP contribution in [0.2, 0.25) is 0 Å². The summed E-state index contributed by atoms with van der Waals surface area (Å²) in [5, 5.41) is 2.49. The van der Waals surface area contributed by atoms with Gasteiger partial charge < -0.3 is 14.8 Å². The van der Waals surface area contributed by atoms with Gasteiger partial charge in [-0.05, 0) is 31.0 Å². The lowest BCUT2D eigenvalue weighted by molar-refractivity contribution is -0.142. The van der Waals surface area contributed by atoms with E-state index in [0.717, 1.165) is 4.90 Å². The quantitative estimate of drug-likeness (QED) is 0.447. The number of allylic oxidation sites excluding steroid dienone is 2. The molecule has 152 valence electrons. The van der Waals surface area contributed by atoms with Crippen LogP contribution in [0.3, 0.4) is 0 Å². The lowest BCUT2D eigenvalue weighted by atomic mass is 9.85. The molecule has 0 unspecified atom stereocenters. The van der Waals surface area contributed by atoms with E-state index in [9.17, 15) is 24.0 Å². The highest BCUT2D eigenvalue weighted by Gasteiger charge is 2.47. The zero-order valence-corrected chi connectivity index (χ0v) is 16.0. The van der Waals surface area contributed by atoms with Gasteiger partial charge in [0.15, 0.2) is 0 Å². The van der Waals surface area contributed by atoms with Gasteiger partial charge >= 0.3 is 11.9 Å². The Morgan fingerprint density at radius 1 is 1.00 bits per heavy atom. The van der Waals surface area contributed by atoms with Gasteiger partial charge in [-0.25, -0.2) is 9.59 Å². The van der Waals surface area contributed by atoms with Crippen LogP contribution in [0.4, 0.5) is 5.69 Å². The highest BCUT2D eigenvalue weighted by molar-refractivity contribution is 6.10. The van der Waals surface area contributed by atoms with E-state index in [0.29, 0.717) is 12.8 Å². The number of amides is 3. The molecule has 1 aliphatic carbocycles. The third-order valence-electron chi connectivity index (χ3n) is 5.02. The summed E-state index contributed by atoms with van der Waals surface area (Å²) in [5.74, 6) is -3.68. The molecule has 1 aliphatic heterocycles. The average Bonchev–Trinajstić information content (AvgIpc) is 2.97. The van der Waals surface area contributed by atoms with Crippen molar-refractivity contribution in [3.8, 4) is 0 Å². The molecule has 0 saturated carbocycles. The molecular formula is C20H20N2O7. The predicted molar refractivity (Wildman–Crippen MR) is 99.8 cm³/mol. The smallest absolute Gasteiger partial charge is 0.339 e. The van der Waals surface area contributed by atoms with E-state index in [2.05, 4.69) is 14.8 Å². The molecule has 2 aliphatic rings. The molecule has 0 spiro atoms. The molecule has 0 radical (unpaired) electrons. The van der Waals surface area contributed by atoms with Gasteiger partial charge in [0.25, 0.3) is 0 Å². The first-order valence-electron chi connectivity index (χ1n) is 8.98. The van der Waals surface area contributed by atoms with Crippen molar-refractivity contribution in [2.45, 2.75) is 12.8 Å². The normalized spacial score (nSPS) is 20.3. The second kappa shape index (κ2) is 8.26. The number of hydrogen-bond donors (Lipinski definition) is 1. The number of anilines is 1. The molecule has 29 heavy (non-hydrogen) atoms. The Morgan fingerprint density at radius 3 is 2.14 bits per heavy atom. The summed E-state index contributed by atoms with van der Waals surface area (Å²) in [6.45, 7) is -0.478. The molecular weight excluding hydrogens is 380 g/mol. The number of benzene rings is 1. The zero-order chi connectivity index (χ0) is 21.1. The number of fused-ring (bicyclic) bond motifs is 1. The molecule has 1 saturated heterocycles. The van der Waals surface area contributed by atoms with Gasteiger partial charge in [-0.1, -0.05) is 12.2 Å². The van der Waals surface area contributed by atoms with Crippen LogP contribution in [0.15, 0.2) is 30.4 Å². The second-order valence-corrected chi connectivity index (χ2v) is 6.71. The lowest BCUT2D eigenvalue weighted by Gasteiger charge is -2.16. The number of nitrogens with one attached hydrogen (secondary N) is 1. The molecule has 1 heterocycles. The summed E-state index contributed by atoms with van der Waals surface area (Å²) in [4.78, 5) is 62.2.